The van der Waals surface area contributed by atoms with E-state index in [0.29, 0.717) is 12.1 Å². The largest absolute Gasteiger partial charge is 0.368 e. The summed E-state index contributed by atoms with van der Waals surface area (Å²) in [5.74, 6) is -0.0471. The number of para-hydroxylation sites is 1. The standard InChI is InChI=1S/C19H24N4O/c1-2-8-21-19(24)16-13-18(15-20-14-16)23-11-9-22(10-12-23)17-6-4-3-5-7-17/h3-7,13-15H,2,8-12H2,1H3,(H,21,24). The number of carbonyl (C=O) groups excluding carboxylic acids is 1. The Morgan fingerprint density at radius 2 is 1.71 bits per heavy atom. The second-order valence-corrected chi connectivity index (χ2v) is 6.00. The predicted octanol–water partition coefficient (Wildman–Crippen LogP) is 2.55. The lowest BCUT2D eigenvalue weighted by Crippen LogP contribution is -2.46. The summed E-state index contributed by atoms with van der Waals surface area (Å²) in [7, 11) is 0. The highest BCUT2D eigenvalue weighted by molar-refractivity contribution is 5.94. The number of amides is 1. The Labute approximate surface area is 143 Å². The van der Waals surface area contributed by atoms with Crippen molar-refractivity contribution in [2.75, 3.05) is 42.5 Å². The van der Waals surface area contributed by atoms with Crippen LogP contribution in [0.15, 0.2) is 48.8 Å². The van der Waals surface area contributed by atoms with Crippen LogP contribution in [0.1, 0.15) is 23.7 Å². The third-order valence-corrected chi connectivity index (χ3v) is 4.29. The summed E-state index contributed by atoms with van der Waals surface area (Å²) in [6.07, 6.45) is 4.41. The highest BCUT2D eigenvalue weighted by Crippen LogP contribution is 2.20. The summed E-state index contributed by atoms with van der Waals surface area (Å²) in [5.41, 5.74) is 2.92. The molecule has 2 heterocycles. The van der Waals surface area contributed by atoms with Gasteiger partial charge in [0.15, 0.2) is 0 Å². The number of carbonyl (C=O) groups is 1. The van der Waals surface area contributed by atoms with Gasteiger partial charge in [0.25, 0.3) is 5.91 Å². The number of hydrogen-bond donors (Lipinski definition) is 1. The van der Waals surface area contributed by atoms with Gasteiger partial charge >= 0.3 is 0 Å². The summed E-state index contributed by atoms with van der Waals surface area (Å²) in [6, 6.07) is 12.4. The zero-order chi connectivity index (χ0) is 16.8. The molecule has 24 heavy (non-hydrogen) atoms. The van der Waals surface area contributed by atoms with Crippen LogP contribution in [-0.2, 0) is 0 Å². The van der Waals surface area contributed by atoms with Crippen molar-refractivity contribution >= 4 is 17.3 Å². The predicted molar refractivity (Wildman–Crippen MR) is 97.7 cm³/mol. The van der Waals surface area contributed by atoms with E-state index in [2.05, 4.69) is 44.4 Å². The van der Waals surface area contributed by atoms with Gasteiger partial charge in [-0.3, -0.25) is 9.78 Å². The Hall–Kier alpha value is -2.56. The van der Waals surface area contributed by atoms with E-state index < -0.39 is 0 Å². The number of anilines is 2. The zero-order valence-electron chi connectivity index (χ0n) is 14.1. The molecular weight excluding hydrogens is 300 g/mol. The average Bonchev–Trinajstić information content (AvgIpc) is 2.67. The van der Waals surface area contributed by atoms with Gasteiger partial charge < -0.3 is 15.1 Å². The minimum atomic E-state index is -0.0471. The molecule has 1 amide bonds. The molecule has 0 atom stereocenters. The van der Waals surface area contributed by atoms with Gasteiger partial charge in [-0.25, -0.2) is 0 Å². The van der Waals surface area contributed by atoms with Crippen LogP contribution < -0.4 is 15.1 Å². The molecule has 0 radical (unpaired) electrons. The van der Waals surface area contributed by atoms with Gasteiger partial charge in [-0.1, -0.05) is 25.1 Å². The molecule has 0 aliphatic carbocycles. The quantitative estimate of drug-likeness (QED) is 0.918. The minimum Gasteiger partial charge on any atom is -0.368 e. The maximum Gasteiger partial charge on any atom is 0.252 e. The van der Waals surface area contributed by atoms with Crippen LogP contribution in [-0.4, -0.2) is 43.6 Å². The molecule has 1 saturated heterocycles. The number of hydrogen-bond acceptors (Lipinski definition) is 4. The molecule has 1 fully saturated rings. The first-order chi connectivity index (χ1) is 11.8. The van der Waals surface area contributed by atoms with Crippen molar-refractivity contribution in [2.24, 2.45) is 0 Å². The molecule has 5 nitrogen and oxygen atoms in total. The first-order valence-electron chi connectivity index (χ1n) is 8.56. The number of pyridine rings is 1. The van der Waals surface area contributed by atoms with Crippen molar-refractivity contribution in [3.63, 3.8) is 0 Å². The van der Waals surface area contributed by atoms with Gasteiger partial charge in [0.2, 0.25) is 0 Å². The molecule has 1 aromatic heterocycles. The number of nitrogens with one attached hydrogen (secondary N) is 1. The second kappa shape index (κ2) is 7.81. The van der Waals surface area contributed by atoms with Gasteiger partial charge in [0.05, 0.1) is 17.4 Å². The monoisotopic (exact) mass is 324 g/mol. The number of piperazine rings is 1. The Balaban J connectivity index is 1.63. The zero-order valence-corrected chi connectivity index (χ0v) is 14.1. The Morgan fingerprint density at radius 3 is 2.38 bits per heavy atom. The van der Waals surface area contributed by atoms with Gasteiger partial charge in [0.1, 0.15) is 0 Å². The molecule has 0 saturated carbocycles. The van der Waals surface area contributed by atoms with E-state index >= 15 is 0 Å². The third-order valence-electron chi connectivity index (χ3n) is 4.29. The van der Waals surface area contributed by atoms with Crippen molar-refractivity contribution in [2.45, 2.75) is 13.3 Å². The van der Waals surface area contributed by atoms with Crippen LogP contribution in [0.5, 0.6) is 0 Å². The van der Waals surface area contributed by atoms with Gasteiger partial charge in [-0.05, 0) is 24.6 Å². The van der Waals surface area contributed by atoms with Gasteiger partial charge in [-0.2, -0.15) is 0 Å². The van der Waals surface area contributed by atoms with E-state index in [0.717, 1.165) is 38.3 Å². The lowest BCUT2D eigenvalue weighted by atomic mass is 10.2. The van der Waals surface area contributed by atoms with E-state index in [1.807, 2.05) is 25.3 Å². The van der Waals surface area contributed by atoms with E-state index in [-0.39, 0.29) is 5.91 Å². The fourth-order valence-electron chi connectivity index (χ4n) is 2.93. The number of rotatable bonds is 5. The lowest BCUT2D eigenvalue weighted by Gasteiger charge is -2.37. The number of nitrogens with zero attached hydrogens (tertiary/aromatic N) is 3. The Morgan fingerprint density at radius 1 is 1.04 bits per heavy atom. The molecule has 3 rings (SSSR count). The van der Waals surface area contributed by atoms with E-state index in [9.17, 15) is 4.79 Å². The fourth-order valence-corrected chi connectivity index (χ4v) is 2.93. The normalized spacial score (nSPS) is 14.5. The number of aromatic nitrogens is 1. The highest BCUT2D eigenvalue weighted by Gasteiger charge is 2.18. The molecule has 126 valence electrons. The molecule has 0 spiro atoms. The van der Waals surface area contributed by atoms with Crippen LogP contribution in [0.2, 0.25) is 0 Å². The number of benzene rings is 1. The van der Waals surface area contributed by atoms with Crippen LogP contribution in [0.4, 0.5) is 11.4 Å². The minimum absolute atomic E-state index is 0.0471. The molecule has 1 aliphatic rings. The fraction of sp³-hybridized carbons (Fsp3) is 0.368. The summed E-state index contributed by atoms with van der Waals surface area (Å²) >= 11 is 0. The molecule has 5 heteroatoms. The van der Waals surface area contributed by atoms with E-state index in [1.165, 1.54) is 5.69 Å². The van der Waals surface area contributed by atoms with Crippen molar-refractivity contribution < 1.29 is 4.79 Å². The van der Waals surface area contributed by atoms with E-state index in [4.69, 9.17) is 0 Å². The summed E-state index contributed by atoms with van der Waals surface area (Å²) in [6.45, 7) is 6.53. The van der Waals surface area contributed by atoms with Gasteiger partial charge in [-0.15, -0.1) is 0 Å². The van der Waals surface area contributed by atoms with Crippen LogP contribution in [0.25, 0.3) is 0 Å². The second-order valence-electron chi connectivity index (χ2n) is 6.00. The molecular formula is C19H24N4O. The summed E-state index contributed by atoms with van der Waals surface area (Å²) < 4.78 is 0. The third kappa shape index (κ3) is 3.85. The molecule has 0 bridgehead atoms. The first-order valence-corrected chi connectivity index (χ1v) is 8.56. The SMILES string of the molecule is CCCNC(=O)c1cncc(N2CCN(c3ccccc3)CC2)c1. The van der Waals surface area contributed by atoms with Crippen molar-refractivity contribution in [3.05, 3.63) is 54.4 Å². The Bertz CT molecular complexity index is 666. The van der Waals surface area contributed by atoms with Crippen molar-refractivity contribution in [3.8, 4) is 0 Å². The molecule has 1 N–H and O–H groups in total. The van der Waals surface area contributed by atoms with Crippen LogP contribution >= 0.6 is 0 Å². The average molecular weight is 324 g/mol. The van der Waals surface area contributed by atoms with E-state index in [1.54, 1.807) is 6.20 Å². The summed E-state index contributed by atoms with van der Waals surface area (Å²) in [4.78, 5) is 21.0. The summed E-state index contributed by atoms with van der Waals surface area (Å²) in [5, 5.41) is 2.90. The molecule has 2 aromatic rings. The maximum atomic E-state index is 12.1. The van der Waals surface area contributed by atoms with Gasteiger partial charge in [0, 0.05) is 44.6 Å². The Kier molecular flexibility index (Phi) is 5.31. The molecule has 1 aromatic carbocycles. The maximum absolute atomic E-state index is 12.1. The topological polar surface area (TPSA) is 48.5 Å². The van der Waals surface area contributed by atoms with Crippen molar-refractivity contribution in [1.29, 1.82) is 0 Å². The molecule has 0 unspecified atom stereocenters. The van der Waals surface area contributed by atoms with Crippen LogP contribution in [0.3, 0.4) is 0 Å². The van der Waals surface area contributed by atoms with Crippen molar-refractivity contribution in [1.82, 2.24) is 10.3 Å². The first kappa shape index (κ1) is 16.3. The molecule has 1 aliphatic heterocycles. The van der Waals surface area contributed by atoms with Crippen LogP contribution in [0, 0.1) is 0 Å². The highest BCUT2D eigenvalue weighted by atomic mass is 16.1. The lowest BCUT2D eigenvalue weighted by molar-refractivity contribution is 0.0953. The smallest absolute Gasteiger partial charge is 0.252 e.